The van der Waals surface area contributed by atoms with Crippen molar-refractivity contribution < 1.29 is 27.4 Å². The molecule has 190 valence electrons. The number of hydrogen-bond donors (Lipinski definition) is 1. The molecule has 1 aromatic carbocycles. The van der Waals surface area contributed by atoms with E-state index in [-0.39, 0.29) is 43.8 Å². The Morgan fingerprint density at radius 3 is 2.69 bits per heavy atom. The molecule has 5 rings (SSSR count). The van der Waals surface area contributed by atoms with E-state index in [9.17, 15) is 18.0 Å². The molecule has 1 fully saturated rings. The van der Waals surface area contributed by atoms with Crippen LogP contribution in [0.25, 0.3) is 0 Å². The largest absolute Gasteiger partial charge is 0.393 e. The van der Waals surface area contributed by atoms with Gasteiger partial charge >= 0.3 is 6.18 Å². The van der Waals surface area contributed by atoms with E-state index in [1.807, 2.05) is 13.8 Å². The van der Waals surface area contributed by atoms with Crippen molar-refractivity contribution in [1.82, 2.24) is 19.8 Å². The monoisotopic (exact) mass is 492 g/mol. The Hall–Kier alpha value is -2.43. The smallest absolute Gasteiger partial charge is 0.348 e. The zero-order valence-electron chi connectivity index (χ0n) is 20.0. The molecule has 0 aliphatic carbocycles. The van der Waals surface area contributed by atoms with E-state index in [0.29, 0.717) is 12.4 Å². The number of rotatable bonds is 5. The van der Waals surface area contributed by atoms with Crippen LogP contribution in [0, 0.1) is 5.92 Å². The Bertz CT molecular complexity index is 1080. The molecule has 0 saturated carbocycles. The van der Waals surface area contributed by atoms with Crippen LogP contribution in [-0.2, 0) is 35.4 Å². The summed E-state index contributed by atoms with van der Waals surface area (Å²) in [7, 11) is 0. The second kappa shape index (κ2) is 9.22. The molecular formula is C25H31F3N4O3. The molecule has 35 heavy (non-hydrogen) atoms. The van der Waals surface area contributed by atoms with Crippen molar-refractivity contribution in [1.29, 1.82) is 0 Å². The maximum atomic E-state index is 13.1. The maximum Gasteiger partial charge on any atom is 0.393 e. The van der Waals surface area contributed by atoms with E-state index in [0.717, 1.165) is 19.5 Å². The number of halogens is 3. The van der Waals surface area contributed by atoms with Crippen LogP contribution in [0.4, 0.5) is 13.2 Å². The lowest BCUT2D eigenvalue weighted by Crippen LogP contribution is -2.44. The van der Waals surface area contributed by atoms with Crippen LogP contribution < -0.4 is 5.32 Å². The Morgan fingerprint density at radius 1 is 1.17 bits per heavy atom. The zero-order valence-corrected chi connectivity index (χ0v) is 20.0. The summed E-state index contributed by atoms with van der Waals surface area (Å²) in [5.41, 5.74) is 2.82. The summed E-state index contributed by atoms with van der Waals surface area (Å²) in [6.45, 7) is 6.18. The van der Waals surface area contributed by atoms with Crippen LogP contribution in [0.1, 0.15) is 47.7 Å². The molecule has 10 heteroatoms. The maximum absolute atomic E-state index is 13.1. The lowest BCUT2D eigenvalue weighted by Gasteiger charge is -2.31. The molecule has 3 aliphatic heterocycles. The number of alkyl halides is 3. The highest BCUT2D eigenvalue weighted by Crippen LogP contribution is 2.34. The zero-order chi connectivity index (χ0) is 24.8. The van der Waals surface area contributed by atoms with E-state index in [2.05, 4.69) is 39.5 Å². The van der Waals surface area contributed by atoms with Crippen LogP contribution in [0.3, 0.4) is 0 Å². The van der Waals surface area contributed by atoms with Crippen LogP contribution in [0.5, 0.6) is 0 Å². The number of carbonyl (C=O) groups excluding carboxylic acids is 1. The minimum absolute atomic E-state index is 0.00738. The molecule has 1 saturated heterocycles. The second-order valence-electron chi connectivity index (χ2n) is 10.1. The topological polar surface area (TPSA) is 68.6 Å². The van der Waals surface area contributed by atoms with E-state index in [1.54, 1.807) is 0 Å². The summed E-state index contributed by atoms with van der Waals surface area (Å²) in [5, 5.41) is 2.85. The summed E-state index contributed by atoms with van der Waals surface area (Å²) in [4.78, 5) is 19.4. The first-order chi connectivity index (χ1) is 16.6. The number of nitrogens with zero attached hydrogens (tertiary/aromatic N) is 3. The van der Waals surface area contributed by atoms with Gasteiger partial charge in [0.2, 0.25) is 0 Å². The van der Waals surface area contributed by atoms with Gasteiger partial charge in [0.15, 0.2) is 5.79 Å². The molecule has 7 nitrogen and oxygen atoms in total. The van der Waals surface area contributed by atoms with Crippen molar-refractivity contribution in [2.75, 3.05) is 19.6 Å². The first-order valence-corrected chi connectivity index (χ1v) is 12.1. The van der Waals surface area contributed by atoms with Crippen LogP contribution in [-0.4, -0.2) is 64.2 Å². The average molecular weight is 493 g/mol. The summed E-state index contributed by atoms with van der Waals surface area (Å²) < 4.78 is 53.0. The van der Waals surface area contributed by atoms with Crippen molar-refractivity contribution in [2.45, 2.75) is 70.4 Å². The number of fused-ring (bicyclic) bond motifs is 2. The molecule has 1 N–H and O–H groups in total. The third-order valence-corrected chi connectivity index (χ3v) is 7.08. The molecule has 1 aromatic heterocycles. The van der Waals surface area contributed by atoms with Crippen molar-refractivity contribution in [3.05, 3.63) is 53.1 Å². The predicted molar refractivity (Wildman–Crippen MR) is 122 cm³/mol. The first-order valence-electron chi connectivity index (χ1n) is 12.1. The van der Waals surface area contributed by atoms with Gasteiger partial charge in [0.05, 0.1) is 5.92 Å². The molecule has 0 bridgehead atoms. The predicted octanol–water partition coefficient (Wildman–Crippen LogP) is 3.32. The SMILES string of the molecule is CC1(C)O[C@@H](CNC(=O)c2cn3c(n2)CCC(C(F)(F)F)C3)[C@H](CN2CCc3ccccc3C2)O1. The Morgan fingerprint density at radius 2 is 1.91 bits per heavy atom. The number of benzene rings is 1. The fourth-order valence-electron chi connectivity index (χ4n) is 5.31. The van der Waals surface area contributed by atoms with Gasteiger partial charge < -0.3 is 19.4 Å². The lowest BCUT2D eigenvalue weighted by molar-refractivity contribution is -0.182. The van der Waals surface area contributed by atoms with Gasteiger partial charge in [-0.3, -0.25) is 9.69 Å². The summed E-state index contributed by atoms with van der Waals surface area (Å²) in [5.74, 6) is -2.09. The number of imidazole rings is 1. The standard InChI is InChI=1S/C25H31F3N4O3/c1-24(2)34-20(21(35-24)15-31-10-9-16-5-3-4-6-17(16)12-31)11-29-23(33)19-14-32-13-18(25(26,27)28)7-8-22(32)30-19/h3-6,14,18,20-21H,7-13,15H2,1-2H3,(H,29,33)/t18?,20-,21-/m0/s1. The number of ether oxygens (including phenoxy) is 2. The minimum Gasteiger partial charge on any atom is -0.348 e. The van der Waals surface area contributed by atoms with Crippen molar-refractivity contribution >= 4 is 5.91 Å². The first kappa shape index (κ1) is 24.3. The minimum atomic E-state index is -4.25. The number of carbonyl (C=O) groups is 1. The molecule has 0 spiro atoms. The van der Waals surface area contributed by atoms with Gasteiger partial charge in [-0.15, -0.1) is 0 Å². The molecule has 0 radical (unpaired) electrons. The van der Waals surface area contributed by atoms with E-state index in [4.69, 9.17) is 9.47 Å². The Labute approximate surface area is 202 Å². The fourth-order valence-corrected chi connectivity index (χ4v) is 5.31. The van der Waals surface area contributed by atoms with Gasteiger partial charge in [-0.1, -0.05) is 24.3 Å². The molecule has 1 amide bonds. The molecule has 1 unspecified atom stereocenters. The van der Waals surface area contributed by atoms with Gasteiger partial charge in [-0.25, -0.2) is 4.98 Å². The van der Waals surface area contributed by atoms with Gasteiger partial charge in [-0.2, -0.15) is 13.2 Å². The number of hydrogen-bond acceptors (Lipinski definition) is 5. The number of amides is 1. The van der Waals surface area contributed by atoms with Crippen molar-refractivity contribution in [3.8, 4) is 0 Å². The lowest BCUT2D eigenvalue weighted by atomic mass is 9.99. The molecule has 2 aromatic rings. The van der Waals surface area contributed by atoms with Crippen LogP contribution in [0.2, 0.25) is 0 Å². The molecule has 4 heterocycles. The van der Waals surface area contributed by atoms with Gasteiger partial charge in [0.1, 0.15) is 23.7 Å². The van der Waals surface area contributed by atoms with Gasteiger partial charge in [0.25, 0.3) is 5.91 Å². The fraction of sp³-hybridized carbons (Fsp3) is 0.600. The Kier molecular flexibility index (Phi) is 6.39. The highest BCUT2D eigenvalue weighted by molar-refractivity contribution is 5.92. The molecule has 3 atom stereocenters. The summed E-state index contributed by atoms with van der Waals surface area (Å²) in [6, 6.07) is 8.43. The summed E-state index contributed by atoms with van der Waals surface area (Å²) in [6.07, 6.45) is -2.23. The normalized spacial score (nSPS) is 26.3. The van der Waals surface area contributed by atoms with E-state index < -0.39 is 23.8 Å². The highest BCUT2D eigenvalue weighted by atomic mass is 19.4. The van der Waals surface area contributed by atoms with Gasteiger partial charge in [0, 0.05) is 45.3 Å². The van der Waals surface area contributed by atoms with Crippen LogP contribution in [0.15, 0.2) is 30.5 Å². The van der Waals surface area contributed by atoms with E-state index in [1.165, 1.54) is 21.9 Å². The number of aryl methyl sites for hydroxylation is 1. The van der Waals surface area contributed by atoms with E-state index >= 15 is 0 Å². The highest BCUT2D eigenvalue weighted by Gasteiger charge is 2.43. The average Bonchev–Trinajstić information content (AvgIpc) is 3.36. The molecule has 3 aliphatic rings. The quantitative estimate of drug-likeness (QED) is 0.694. The third-order valence-electron chi connectivity index (χ3n) is 7.08. The molecular weight excluding hydrogens is 461 g/mol. The summed E-state index contributed by atoms with van der Waals surface area (Å²) >= 11 is 0. The van der Waals surface area contributed by atoms with Gasteiger partial charge in [-0.05, 0) is 37.8 Å². The Balaban J connectivity index is 1.19. The second-order valence-corrected chi connectivity index (χ2v) is 10.1. The third kappa shape index (κ3) is 5.39. The number of aromatic nitrogens is 2. The van der Waals surface area contributed by atoms with Crippen molar-refractivity contribution in [2.24, 2.45) is 5.92 Å². The van der Waals surface area contributed by atoms with Crippen LogP contribution >= 0.6 is 0 Å². The number of nitrogens with one attached hydrogen (secondary N) is 1. The van der Waals surface area contributed by atoms with Crippen molar-refractivity contribution in [3.63, 3.8) is 0 Å².